The predicted molar refractivity (Wildman–Crippen MR) is 115 cm³/mol. The summed E-state index contributed by atoms with van der Waals surface area (Å²) in [6, 6.07) is -2.59. The molecule has 1 aliphatic heterocycles. The fourth-order valence-electron chi connectivity index (χ4n) is 3.91. The van der Waals surface area contributed by atoms with Gasteiger partial charge in [0.2, 0.25) is 16.0 Å². The molecule has 2 unspecified atom stereocenters. The molecule has 9 nitrogen and oxygen atoms in total. The minimum atomic E-state index is -4.39. The van der Waals surface area contributed by atoms with Crippen molar-refractivity contribution in [3.63, 3.8) is 0 Å². The normalized spacial score (nSPS) is 33.2. The Labute approximate surface area is 195 Å². The minimum absolute atomic E-state index is 0.0985. The smallest absolute Gasteiger partial charge is 0.269 e. The summed E-state index contributed by atoms with van der Waals surface area (Å²) < 4.78 is 117. The quantitative estimate of drug-likeness (QED) is 0.674. The number of hydrogen-bond donors (Lipinski definition) is 2. The average Bonchev–Trinajstić information content (AvgIpc) is 3.16. The number of aliphatic hydroxyl groups is 1. The predicted octanol–water partition coefficient (Wildman–Crippen LogP) is 2.04. The first-order chi connectivity index (χ1) is 18.0. The first-order valence-corrected chi connectivity index (χ1v) is 11.6. The third-order valence-corrected chi connectivity index (χ3v) is 6.76. The molecule has 4 rings (SSSR count). The van der Waals surface area contributed by atoms with E-state index in [9.17, 15) is 27.1 Å². The van der Waals surface area contributed by atoms with Gasteiger partial charge in [0.25, 0.3) is 12.0 Å². The maximum atomic E-state index is 14.1. The molecule has 12 heteroatoms. The van der Waals surface area contributed by atoms with E-state index in [0.29, 0.717) is 14.9 Å². The number of nitrogens with zero attached hydrogens (tertiary/aromatic N) is 4. The summed E-state index contributed by atoms with van der Waals surface area (Å²) in [5.41, 5.74) is -5.66. The molecular weight excluding hydrogens is 444 g/mol. The largest absolute Gasteiger partial charge is 0.388 e. The lowest BCUT2D eigenvalue weighted by Crippen LogP contribution is -2.42. The van der Waals surface area contributed by atoms with Crippen molar-refractivity contribution < 1.29 is 33.3 Å². The van der Waals surface area contributed by atoms with E-state index in [-0.39, 0.29) is 24.6 Å². The van der Waals surface area contributed by atoms with E-state index in [0.717, 1.165) is 12.5 Å². The van der Waals surface area contributed by atoms with Crippen molar-refractivity contribution in [1.29, 1.82) is 0 Å². The highest BCUT2D eigenvalue weighted by atomic mass is 32.2. The zero-order chi connectivity index (χ0) is 30.3. The Balaban J connectivity index is 1.88. The van der Waals surface area contributed by atoms with Gasteiger partial charge < -0.3 is 10.4 Å². The first-order valence-electron chi connectivity index (χ1n) is 13.7. The van der Waals surface area contributed by atoms with Crippen LogP contribution in [0.2, 0.25) is 0 Å². The van der Waals surface area contributed by atoms with Crippen LogP contribution >= 0.6 is 0 Å². The van der Waals surface area contributed by atoms with Gasteiger partial charge in [-0.15, -0.1) is 0 Å². The Bertz CT molecular complexity index is 1480. The zero-order valence-electron chi connectivity index (χ0n) is 25.0. The Morgan fingerprint density at radius 2 is 2.16 bits per heavy atom. The molecule has 32 heavy (non-hydrogen) atoms. The molecule has 176 valence electrons. The lowest BCUT2D eigenvalue weighted by Gasteiger charge is -2.31. The van der Waals surface area contributed by atoms with E-state index in [4.69, 9.17) is 11.0 Å². The van der Waals surface area contributed by atoms with Crippen molar-refractivity contribution >= 4 is 27.0 Å². The van der Waals surface area contributed by atoms with Gasteiger partial charge in [0.1, 0.15) is 7.02 Å². The summed E-state index contributed by atoms with van der Waals surface area (Å²) in [5, 5.41) is 13.4. The summed E-state index contributed by atoms with van der Waals surface area (Å²) in [6.07, 6.45) is -7.85. The lowest BCUT2D eigenvalue weighted by molar-refractivity contribution is 0.0261. The molecule has 1 aliphatic carbocycles. The van der Waals surface area contributed by atoms with E-state index in [1.807, 2.05) is 0 Å². The van der Waals surface area contributed by atoms with E-state index >= 15 is 0 Å². The summed E-state index contributed by atoms with van der Waals surface area (Å²) in [7, 11) is -3.94. The molecule has 2 fully saturated rings. The van der Waals surface area contributed by atoms with Gasteiger partial charge in [-0.2, -0.15) is 4.98 Å². The number of hydrogen-bond acceptors (Lipinski definition) is 7. The Morgan fingerprint density at radius 1 is 1.44 bits per heavy atom. The molecule has 2 atom stereocenters. The van der Waals surface area contributed by atoms with Gasteiger partial charge >= 0.3 is 0 Å². The Kier molecular flexibility index (Phi) is 3.86. The molecule has 2 aromatic rings. The standard InChI is InChI=1S/C20H27F2N5O4S/c1-20(29)7-3-4-15(20)27-17-12(10-14(16(21)22)18(27)28)11-23-19(25-17)24-13-5-8-26(9-6-13)32(2,30)31/h10-11,13,15-16,29H,3-9H2,1-2H3,(H,23,24,25)/i1D3,5D2,6D2,16D. The molecule has 2 aliphatic rings. The van der Waals surface area contributed by atoms with Crippen molar-refractivity contribution in [1.82, 2.24) is 18.8 Å². The fraction of sp³-hybridized carbons (Fsp3) is 0.650. The van der Waals surface area contributed by atoms with E-state index in [1.54, 1.807) is 0 Å². The molecule has 0 amide bonds. The summed E-state index contributed by atoms with van der Waals surface area (Å²) >= 11 is 0. The second kappa shape index (κ2) is 8.31. The number of piperidine rings is 1. The van der Waals surface area contributed by atoms with Crippen molar-refractivity contribution in [3.05, 3.63) is 28.2 Å². The minimum Gasteiger partial charge on any atom is -0.388 e. The third kappa shape index (κ3) is 4.35. The number of fused-ring (bicyclic) bond motifs is 1. The van der Waals surface area contributed by atoms with Gasteiger partial charge in [0.15, 0.2) is 0 Å². The van der Waals surface area contributed by atoms with Crippen LogP contribution in [0.4, 0.5) is 14.7 Å². The maximum absolute atomic E-state index is 14.1. The lowest BCUT2D eigenvalue weighted by atomic mass is 9.99. The van der Waals surface area contributed by atoms with E-state index in [1.165, 1.54) is 0 Å². The van der Waals surface area contributed by atoms with Crippen molar-refractivity contribution in [2.45, 2.75) is 62.9 Å². The van der Waals surface area contributed by atoms with Crippen LogP contribution < -0.4 is 10.9 Å². The molecule has 1 saturated carbocycles. The molecular formula is C20H27F2N5O4S. The molecule has 3 heterocycles. The molecule has 2 aromatic heterocycles. The first kappa shape index (κ1) is 14.9. The highest BCUT2D eigenvalue weighted by Crippen LogP contribution is 2.39. The third-order valence-electron chi connectivity index (χ3n) is 5.56. The van der Waals surface area contributed by atoms with Crippen LogP contribution in [0.5, 0.6) is 0 Å². The molecule has 2 N–H and O–H groups in total. The van der Waals surface area contributed by atoms with Gasteiger partial charge in [-0.1, -0.05) is 0 Å². The van der Waals surface area contributed by atoms with Gasteiger partial charge in [0, 0.05) is 40.3 Å². The highest BCUT2D eigenvalue weighted by Gasteiger charge is 2.40. The number of alkyl halides is 2. The monoisotopic (exact) mass is 479 g/mol. The summed E-state index contributed by atoms with van der Waals surface area (Å²) in [6.45, 7) is -4.42. The zero-order valence-corrected chi connectivity index (χ0v) is 17.8. The van der Waals surface area contributed by atoms with Gasteiger partial charge in [-0.25, -0.2) is 26.5 Å². The van der Waals surface area contributed by atoms with Crippen LogP contribution in [0.15, 0.2) is 17.1 Å². The number of sulfonamides is 1. The number of nitrogens with one attached hydrogen (secondary N) is 1. The number of halogens is 2. The maximum Gasteiger partial charge on any atom is 0.269 e. The van der Waals surface area contributed by atoms with Crippen molar-refractivity contribution in [3.8, 4) is 0 Å². The molecule has 1 saturated heterocycles. The second-order valence-electron chi connectivity index (χ2n) is 7.82. The van der Waals surface area contributed by atoms with Crippen LogP contribution in [-0.4, -0.2) is 63.4 Å². The van der Waals surface area contributed by atoms with Crippen LogP contribution in [-0.2, 0) is 10.0 Å². The van der Waals surface area contributed by atoms with E-state index < -0.39 is 89.5 Å². The fourth-order valence-corrected chi connectivity index (χ4v) is 4.53. The van der Waals surface area contributed by atoms with E-state index in [2.05, 4.69) is 15.3 Å². The van der Waals surface area contributed by atoms with Crippen molar-refractivity contribution in [2.24, 2.45) is 0 Å². The molecule has 0 aromatic carbocycles. The van der Waals surface area contributed by atoms with Gasteiger partial charge in [0.05, 0.1) is 23.5 Å². The highest BCUT2D eigenvalue weighted by molar-refractivity contribution is 7.88. The average molecular weight is 480 g/mol. The number of anilines is 1. The SMILES string of the molecule is [2H]C(F)(F)c1cc2cnc(NC3C([2H])([2H])CN(S(C)(=O)=O)CC3([2H])[2H])nc2n(C2CCCC2(O)C([2H])([2H])[2H])c1=O. The van der Waals surface area contributed by atoms with Crippen LogP contribution in [0.3, 0.4) is 0 Å². The van der Waals surface area contributed by atoms with Crippen LogP contribution in [0.25, 0.3) is 11.0 Å². The molecule has 0 radical (unpaired) electrons. The van der Waals surface area contributed by atoms with Gasteiger partial charge in [-0.05, 0) is 44.9 Å². The molecule has 0 bridgehead atoms. The molecule has 0 spiro atoms. The Morgan fingerprint density at radius 3 is 2.78 bits per heavy atom. The van der Waals surface area contributed by atoms with Crippen LogP contribution in [0, 0.1) is 0 Å². The second-order valence-corrected chi connectivity index (χ2v) is 9.80. The Hall–Kier alpha value is -2.18. The topological polar surface area (TPSA) is 117 Å². The van der Waals surface area contributed by atoms with Crippen molar-refractivity contribution in [2.75, 3.05) is 24.7 Å². The number of pyridine rings is 1. The summed E-state index contributed by atoms with van der Waals surface area (Å²) in [4.78, 5) is 21.3. The van der Waals surface area contributed by atoms with Crippen LogP contribution in [0.1, 0.15) is 67.8 Å². The summed E-state index contributed by atoms with van der Waals surface area (Å²) in [5.74, 6) is -0.466. The number of aromatic nitrogens is 3. The van der Waals surface area contributed by atoms with Gasteiger partial charge in [-0.3, -0.25) is 9.36 Å². The number of rotatable bonds is 5.